The third-order valence-electron chi connectivity index (χ3n) is 5.93. The summed E-state index contributed by atoms with van der Waals surface area (Å²) in [5, 5.41) is 2.85. The molecule has 0 atom stereocenters. The number of nitrogens with one attached hydrogen (secondary N) is 1. The second-order valence-electron chi connectivity index (χ2n) is 8.76. The first-order valence-corrected chi connectivity index (χ1v) is 11.4. The molecule has 3 aromatic rings. The van der Waals surface area contributed by atoms with Gasteiger partial charge in [-0.1, -0.05) is 56.3 Å². The number of hydrogen-bond acceptors (Lipinski definition) is 5. The molecule has 3 amide bonds. The van der Waals surface area contributed by atoms with Crippen molar-refractivity contribution in [2.45, 2.75) is 33.2 Å². The molecule has 4 rings (SSSR count). The van der Waals surface area contributed by atoms with Gasteiger partial charge in [0.1, 0.15) is 0 Å². The highest BCUT2D eigenvalue weighted by atomic mass is 16.5. The monoisotopic (exact) mass is 470 g/mol. The number of benzene rings is 3. The summed E-state index contributed by atoms with van der Waals surface area (Å²) in [4.78, 5) is 51.1. The van der Waals surface area contributed by atoms with E-state index >= 15 is 0 Å². The number of esters is 1. The van der Waals surface area contributed by atoms with E-state index in [4.69, 9.17) is 4.74 Å². The third-order valence-corrected chi connectivity index (χ3v) is 5.93. The minimum atomic E-state index is -0.638. The summed E-state index contributed by atoms with van der Waals surface area (Å²) < 4.78 is 5.18. The lowest BCUT2D eigenvalue weighted by Gasteiger charge is -2.16. The molecule has 35 heavy (non-hydrogen) atoms. The Labute approximate surface area is 203 Å². The van der Waals surface area contributed by atoms with Crippen molar-refractivity contribution < 1.29 is 23.9 Å². The topological polar surface area (TPSA) is 92.8 Å². The number of carbonyl (C=O) groups excluding carboxylic acids is 4. The highest BCUT2D eigenvalue weighted by molar-refractivity contribution is 6.21. The lowest BCUT2D eigenvalue weighted by Crippen LogP contribution is -2.29. The number of imide groups is 1. The molecule has 1 aliphatic heterocycles. The van der Waals surface area contributed by atoms with Gasteiger partial charge in [0.2, 0.25) is 0 Å². The Morgan fingerprint density at radius 1 is 0.886 bits per heavy atom. The zero-order chi connectivity index (χ0) is 25.1. The van der Waals surface area contributed by atoms with E-state index in [2.05, 4.69) is 5.32 Å². The van der Waals surface area contributed by atoms with Crippen molar-refractivity contribution in [3.05, 3.63) is 100 Å². The molecule has 0 spiro atoms. The Morgan fingerprint density at radius 2 is 1.51 bits per heavy atom. The predicted molar refractivity (Wildman–Crippen MR) is 131 cm³/mol. The summed E-state index contributed by atoms with van der Waals surface area (Å²) in [6.07, 6.45) is 0. The summed E-state index contributed by atoms with van der Waals surface area (Å²) in [6.45, 7) is 5.68. The minimum absolute atomic E-state index is 0.0959. The van der Waals surface area contributed by atoms with E-state index in [-0.39, 0.29) is 29.8 Å². The summed E-state index contributed by atoms with van der Waals surface area (Å²) in [5.41, 5.74) is 4.42. The van der Waals surface area contributed by atoms with Crippen molar-refractivity contribution in [1.82, 2.24) is 4.90 Å². The molecular formula is C28H26N2O5. The first-order valence-electron chi connectivity index (χ1n) is 11.4. The number of carbonyl (C=O) groups is 4. The molecular weight excluding hydrogens is 444 g/mol. The van der Waals surface area contributed by atoms with E-state index in [9.17, 15) is 19.2 Å². The molecule has 1 aliphatic rings. The molecule has 0 aliphatic carbocycles. The Balaban J connectivity index is 1.34. The van der Waals surface area contributed by atoms with E-state index in [1.165, 1.54) is 4.90 Å². The molecule has 0 unspecified atom stereocenters. The number of amides is 3. The molecule has 1 heterocycles. The summed E-state index contributed by atoms with van der Waals surface area (Å²) in [5.74, 6) is -1.51. The Kier molecular flexibility index (Phi) is 6.78. The minimum Gasteiger partial charge on any atom is -0.452 e. The van der Waals surface area contributed by atoms with Crippen molar-refractivity contribution in [2.24, 2.45) is 0 Å². The van der Waals surface area contributed by atoms with Crippen LogP contribution in [0.4, 0.5) is 5.69 Å². The van der Waals surface area contributed by atoms with Crippen LogP contribution in [0.25, 0.3) is 0 Å². The van der Waals surface area contributed by atoms with Crippen LogP contribution >= 0.6 is 0 Å². The lowest BCUT2D eigenvalue weighted by molar-refractivity contribution is -0.119. The van der Waals surface area contributed by atoms with Gasteiger partial charge >= 0.3 is 5.97 Å². The van der Waals surface area contributed by atoms with Gasteiger partial charge in [0.15, 0.2) is 6.61 Å². The highest BCUT2D eigenvalue weighted by Gasteiger charge is 2.34. The third kappa shape index (κ3) is 4.99. The van der Waals surface area contributed by atoms with Crippen molar-refractivity contribution >= 4 is 29.4 Å². The van der Waals surface area contributed by atoms with Crippen LogP contribution < -0.4 is 5.32 Å². The standard InChI is InChI=1S/C28H26N2O5/c1-17(2)21-10-6-7-18(3)25(21)29-24(31)16-35-28(34)20-13-11-19(12-14-20)15-30-26(32)22-8-4-5-9-23(22)27(30)33/h4-14,17H,15-16H2,1-3H3,(H,29,31). The van der Waals surface area contributed by atoms with E-state index in [1.807, 2.05) is 39.0 Å². The van der Waals surface area contributed by atoms with E-state index < -0.39 is 18.5 Å². The van der Waals surface area contributed by atoms with Crippen LogP contribution in [0.2, 0.25) is 0 Å². The first-order chi connectivity index (χ1) is 16.8. The molecule has 0 radical (unpaired) electrons. The Hall–Kier alpha value is -4.26. The number of aryl methyl sites for hydroxylation is 1. The average molecular weight is 471 g/mol. The van der Waals surface area contributed by atoms with Gasteiger partial charge in [-0.05, 0) is 53.8 Å². The van der Waals surface area contributed by atoms with Crippen LogP contribution in [0.15, 0.2) is 66.7 Å². The molecule has 0 bridgehead atoms. The van der Waals surface area contributed by atoms with Gasteiger partial charge in [-0.3, -0.25) is 19.3 Å². The van der Waals surface area contributed by atoms with Crippen molar-refractivity contribution in [1.29, 1.82) is 0 Å². The van der Waals surface area contributed by atoms with Gasteiger partial charge in [0.05, 0.1) is 23.2 Å². The molecule has 1 N–H and O–H groups in total. The first kappa shape index (κ1) is 23.9. The zero-order valence-electron chi connectivity index (χ0n) is 19.8. The number of para-hydroxylation sites is 1. The van der Waals surface area contributed by atoms with Gasteiger partial charge in [-0.15, -0.1) is 0 Å². The van der Waals surface area contributed by atoms with E-state index in [1.54, 1.807) is 48.5 Å². The van der Waals surface area contributed by atoms with Gasteiger partial charge in [-0.25, -0.2) is 4.79 Å². The highest BCUT2D eigenvalue weighted by Crippen LogP contribution is 2.27. The molecule has 0 saturated heterocycles. The smallest absolute Gasteiger partial charge is 0.338 e. The van der Waals surface area contributed by atoms with Gasteiger partial charge < -0.3 is 10.1 Å². The Bertz CT molecular complexity index is 1280. The quantitative estimate of drug-likeness (QED) is 0.399. The predicted octanol–water partition coefficient (Wildman–Crippen LogP) is 4.71. The molecule has 3 aromatic carbocycles. The number of anilines is 1. The van der Waals surface area contributed by atoms with Crippen LogP contribution in [0.3, 0.4) is 0 Å². The van der Waals surface area contributed by atoms with Crippen LogP contribution in [0, 0.1) is 6.92 Å². The van der Waals surface area contributed by atoms with Crippen LogP contribution in [0.1, 0.15) is 67.5 Å². The molecule has 7 nitrogen and oxygen atoms in total. The van der Waals surface area contributed by atoms with Crippen LogP contribution in [0.5, 0.6) is 0 Å². The van der Waals surface area contributed by atoms with Crippen LogP contribution in [-0.2, 0) is 16.1 Å². The summed E-state index contributed by atoms with van der Waals surface area (Å²) in [6, 6.07) is 18.9. The number of fused-ring (bicyclic) bond motifs is 1. The second-order valence-corrected chi connectivity index (χ2v) is 8.76. The SMILES string of the molecule is Cc1cccc(C(C)C)c1NC(=O)COC(=O)c1ccc(CN2C(=O)c3ccccc3C2=O)cc1. The summed E-state index contributed by atoms with van der Waals surface area (Å²) >= 11 is 0. The van der Waals surface area contributed by atoms with E-state index in [0.29, 0.717) is 16.7 Å². The number of rotatable bonds is 7. The fourth-order valence-electron chi connectivity index (χ4n) is 4.04. The molecule has 178 valence electrons. The maximum atomic E-state index is 12.5. The van der Waals surface area contributed by atoms with Crippen LogP contribution in [-0.4, -0.2) is 35.2 Å². The largest absolute Gasteiger partial charge is 0.452 e. The van der Waals surface area contributed by atoms with Gasteiger partial charge in [0, 0.05) is 5.69 Å². The van der Waals surface area contributed by atoms with E-state index in [0.717, 1.165) is 16.8 Å². The fourth-order valence-corrected chi connectivity index (χ4v) is 4.04. The van der Waals surface area contributed by atoms with Crippen molar-refractivity contribution in [3.63, 3.8) is 0 Å². The molecule has 7 heteroatoms. The molecule has 0 fully saturated rings. The number of hydrogen-bond donors (Lipinski definition) is 1. The zero-order valence-corrected chi connectivity index (χ0v) is 19.8. The number of ether oxygens (including phenoxy) is 1. The average Bonchev–Trinajstić information content (AvgIpc) is 3.09. The maximum Gasteiger partial charge on any atom is 0.338 e. The molecule has 0 aromatic heterocycles. The van der Waals surface area contributed by atoms with Gasteiger partial charge in [-0.2, -0.15) is 0 Å². The summed E-state index contributed by atoms with van der Waals surface area (Å²) in [7, 11) is 0. The van der Waals surface area contributed by atoms with Gasteiger partial charge in [0.25, 0.3) is 17.7 Å². The number of nitrogens with zero attached hydrogens (tertiary/aromatic N) is 1. The maximum absolute atomic E-state index is 12.5. The van der Waals surface area contributed by atoms with Crippen molar-refractivity contribution in [3.8, 4) is 0 Å². The lowest BCUT2D eigenvalue weighted by atomic mass is 9.98. The second kappa shape index (κ2) is 9.93. The Morgan fingerprint density at radius 3 is 2.11 bits per heavy atom. The fraction of sp³-hybridized carbons (Fsp3) is 0.214. The molecule has 0 saturated carbocycles. The normalized spacial score (nSPS) is 12.6. The van der Waals surface area contributed by atoms with Crippen molar-refractivity contribution in [2.75, 3.05) is 11.9 Å².